The van der Waals surface area contributed by atoms with Crippen LogP contribution in [0.4, 0.5) is 0 Å². The minimum atomic E-state index is 0.563. The number of nitrogens with zero attached hydrogens (tertiary/aromatic N) is 1. The maximum atomic E-state index is 3.98. The van der Waals surface area contributed by atoms with Gasteiger partial charge in [-0.3, -0.25) is 4.98 Å². The molecule has 0 fully saturated rings. The fourth-order valence-electron chi connectivity index (χ4n) is 1.02. The van der Waals surface area contributed by atoms with Crippen LogP contribution in [0.25, 0.3) is 0 Å². The normalized spacial score (nSPS) is 13.2. The van der Waals surface area contributed by atoms with E-state index in [0.29, 0.717) is 12.0 Å². The zero-order valence-electron chi connectivity index (χ0n) is 8.62. The van der Waals surface area contributed by atoms with E-state index in [4.69, 9.17) is 0 Å². The van der Waals surface area contributed by atoms with Crippen LogP contribution in [0.5, 0.6) is 0 Å². The molecule has 1 rings (SSSR count). The molecule has 1 heterocycles. The molecule has 0 unspecified atom stereocenters. The number of aromatic nitrogens is 1. The van der Waals surface area contributed by atoms with Gasteiger partial charge in [0.15, 0.2) is 0 Å². The molecule has 0 aliphatic rings. The molecule has 0 amide bonds. The lowest BCUT2D eigenvalue weighted by Gasteiger charge is -2.17. The van der Waals surface area contributed by atoms with Gasteiger partial charge in [-0.25, -0.2) is 0 Å². The van der Waals surface area contributed by atoms with Gasteiger partial charge in [-0.15, -0.1) is 0 Å². The second kappa shape index (κ2) is 4.97. The highest BCUT2D eigenvalue weighted by Gasteiger charge is 2.04. The monoisotopic (exact) mass is 178 g/mol. The Bertz CT molecular complexity index is 231. The van der Waals surface area contributed by atoms with Gasteiger partial charge in [0.1, 0.15) is 0 Å². The van der Waals surface area contributed by atoms with Crippen molar-refractivity contribution in [2.45, 2.75) is 33.4 Å². The molecule has 0 saturated heterocycles. The van der Waals surface area contributed by atoms with Gasteiger partial charge in [-0.2, -0.15) is 0 Å². The number of nitrogens with one attached hydrogen (secondary N) is 1. The predicted octanol–water partition coefficient (Wildman–Crippen LogP) is 2.22. The summed E-state index contributed by atoms with van der Waals surface area (Å²) in [6, 6.07) is 4.65. The van der Waals surface area contributed by atoms with Crippen LogP contribution in [0, 0.1) is 5.92 Å². The van der Waals surface area contributed by atoms with Crippen molar-refractivity contribution >= 4 is 0 Å². The van der Waals surface area contributed by atoms with Gasteiger partial charge in [0, 0.05) is 25.0 Å². The largest absolute Gasteiger partial charge is 0.310 e. The van der Waals surface area contributed by atoms with Crippen LogP contribution < -0.4 is 5.32 Å². The number of hydrogen-bond acceptors (Lipinski definition) is 2. The maximum Gasteiger partial charge on any atom is 0.0271 e. The molecular weight excluding hydrogens is 160 g/mol. The van der Waals surface area contributed by atoms with Crippen LogP contribution in [-0.2, 0) is 6.54 Å². The molecule has 0 aliphatic heterocycles. The van der Waals surface area contributed by atoms with Crippen LogP contribution in [-0.4, -0.2) is 11.0 Å². The number of hydrogen-bond donors (Lipinski definition) is 1. The zero-order valence-corrected chi connectivity index (χ0v) is 8.62. The Morgan fingerprint density at radius 1 is 1.23 bits per heavy atom. The van der Waals surface area contributed by atoms with Crippen LogP contribution in [0.1, 0.15) is 26.3 Å². The summed E-state index contributed by atoms with van der Waals surface area (Å²) >= 11 is 0. The third-order valence-electron chi connectivity index (χ3n) is 2.38. The van der Waals surface area contributed by atoms with E-state index in [1.165, 1.54) is 5.56 Å². The lowest BCUT2D eigenvalue weighted by Crippen LogP contribution is -2.30. The quantitative estimate of drug-likeness (QED) is 0.764. The summed E-state index contributed by atoms with van der Waals surface area (Å²) in [5.41, 5.74) is 1.29. The van der Waals surface area contributed by atoms with E-state index >= 15 is 0 Å². The van der Waals surface area contributed by atoms with Crippen molar-refractivity contribution in [3.05, 3.63) is 30.1 Å². The van der Waals surface area contributed by atoms with E-state index in [9.17, 15) is 0 Å². The maximum absolute atomic E-state index is 3.98. The van der Waals surface area contributed by atoms with Crippen molar-refractivity contribution < 1.29 is 0 Å². The molecule has 72 valence electrons. The second-order valence-electron chi connectivity index (χ2n) is 3.77. The fourth-order valence-corrected chi connectivity index (χ4v) is 1.02. The van der Waals surface area contributed by atoms with E-state index in [1.807, 2.05) is 24.5 Å². The van der Waals surface area contributed by atoms with Gasteiger partial charge in [0.2, 0.25) is 0 Å². The summed E-state index contributed by atoms with van der Waals surface area (Å²) in [4.78, 5) is 3.98. The summed E-state index contributed by atoms with van der Waals surface area (Å²) in [5, 5.41) is 3.47. The molecule has 2 heteroatoms. The molecule has 0 aromatic carbocycles. The first kappa shape index (κ1) is 10.2. The zero-order chi connectivity index (χ0) is 9.68. The van der Waals surface area contributed by atoms with E-state index in [2.05, 4.69) is 31.1 Å². The fraction of sp³-hybridized carbons (Fsp3) is 0.545. The molecule has 13 heavy (non-hydrogen) atoms. The van der Waals surface area contributed by atoms with Gasteiger partial charge < -0.3 is 5.32 Å². The Labute approximate surface area is 80.4 Å². The summed E-state index contributed by atoms with van der Waals surface area (Å²) in [7, 11) is 0. The highest BCUT2D eigenvalue weighted by molar-refractivity contribution is 5.09. The SMILES string of the molecule is CC(C)[C@@H](C)NCc1ccncc1. The van der Waals surface area contributed by atoms with E-state index in [0.717, 1.165) is 6.54 Å². The van der Waals surface area contributed by atoms with Crippen molar-refractivity contribution in [3.63, 3.8) is 0 Å². The van der Waals surface area contributed by atoms with Gasteiger partial charge in [0.25, 0.3) is 0 Å². The summed E-state index contributed by atoms with van der Waals surface area (Å²) in [5.74, 6) is 0.682. The predicted molar refractivity (Wildman–Crippen MR) is 55.4 cm³/mol. The highest BCUT2D eigenvalue weighted by atomic mass is 14.9. The molecule has 1 N–H and O–H groups in total. The third-order valence-corrected chi connectivity index (χ3v) is 2.38. The van der Waals surface area contributed by atoms with Crippen LogP contribution in [0.2, 0.25) is 0 Å². The molecule has 1 aromatic rings. The molecule has 2 nitrogen and oxygen atoms in total. The van der Waals surface area contributed by atoms with Crippen LogP contribution in [0.15, 0.2) is 24.5 Å². The topological polar surface area (TPSA) is 24.9 Å². The molecule has 0 spiro atoms. The standard InChI is InChI=1S/C11H18N2/c1-9(2)10(3)13-8-11-4-6-12-7-5-11/h4-7,9-10,13H,8H2,1-3H3/t10-/m1/s1. The molecule has 1 atom stereocenters. The van der Waals surface area contributed by atoms with Gasteiger partial charge in [-0.1, -0.05) is 13.8 Å². The Balaban J connectivity index is 2.35. The summed E-state index contributed by atoms with van der Waals surface area (Å²) < 4.78 is 0. The van der Waals surface area contributed by atoms with Crippen molar-refractivity contribution in [2.75, 3.05) is 0 Å². The van der Waals surface area contributed by atoms with Crippen LogP contribution in [0.3, 0.4) is 0 Å². The Hall–Kier alpha value is -0.890. The summed E-state index contributed by atoms with van der Waals surface area (Å²) in [6.07, 6.45) is 3.66. The highest BCUT2D eigenvalue weighted by Crippen LogP contribution is 2.02. The second-order valence-corrected chi connectivity index (χ2v) is 3.77. The van der Waals surface area contributed by atoms with Crippen molar-refractivity contribution in [1.29, 1.82) is 0 Å². The minimum Gasteiger partial charge on any atom is -0.310 e. The average molecular weight is 178 g/mol. The molecule has 0 saturated carbocycles. The van der Waals surface area contributed by atoms with E-state index < -0.39 is 0 Å². The Morgan fingerprint density at radius 2 is 1.85 bits per heavy atom. The van der Waals surface area contributed by atoms with E-state index in [-0.39, 0.29) is 0 Å². The van der Waals surface area contributed by atoms with Crippen LogP contribution >= 0.6 is 0 Å². The first-order chi connectivity index (χ1) is 6.20. The molecule has 0 aliphatic carbocycles. The van der Waals surface area contributed by atoms with E-state index in [1.54, 1.807) is 0 Å². The summed E-state index contributed by atoms with van der Waals surface area (Å²) in [6.45, 7) is 7.60. The molecule has 0 bridgehead atoms. The Morgan fingerprint density at radius 3 is 2.38 bits per heavy atom. The molecule has 0 radical (unpaired) electrons. The molecular formula is C11H18N2. The lowest BCUT2D eigenvalue weighted by atomic mass is 10.1. The van der Waals surface area contributed by atoms with Crippen molar-refractivity contribution in [3.8, 4) is 0 Å². The third kappa shape index (κ3) is 3.55. The number of pyridine rings is 1. The van der Waals surface area contributed by atoms with Gasteiger partial charge >= 0.3 is 0 Å². The minimum absolute atomic E-state index is 0.563. The average Bonchev–Trinajstić information content (AvgIpc) is 2.15. The van der Waals surface area contributed by atoms with Crippen molar-refractivity contribution in [1.82, 2.24) is 10.3 Å². The number of rotatable bonds is 4. The lowest BCUT2D eigenvalue weighted by molar-refractivity contribution is 0.426. The smallest absolute Gasteiger partial charge is 0.0271 e. The first-order valence-electron chi connectivity index (χ1n) is 4.82. The van der Waals surface area contributed by atoms with Gasteiger partial charge in [0.05, 0.1) is 0 Å². The Kier molecular flexibility index (Phi) is 3.90. The van der Waals surface area contributed by atoms with Crippen molar-refractivity contribution in [2.24, 2.45) is 5.92 Å². The molecule has 1 aromatic heterocycles. The first-order valence-corrected chi connectivity index (χ1v) is 4.82. The van der Waals surface area contributed by atoms with Gasteiger partial charge in [-0.05, 0) is 30.5 Å².